The lowest BCUT2D eigenvalue weighted by Crippen LogP contribution is -2.18. The van der Waals surface area contributed by atoms with E-state index in [1.807, 2.05) is 32.0 Å². The molecule has 27 heavy (non-hydrogen) atoms. The first-order valence-corrected chi connectivity index (χ1v) is 8.56. The highest BCUT2D eigenvalue weighted by Crippen LogP contribution is 2.27. The van der Waals surface area contributed by atoms with Crippen molar-refractivity contribution in [3.8, 4) is 11.1 Å². The predicted octanol–water partition coefficient (Wildman–Crippen LogP) is 4.36. The van der Waals surface area contributed by atoms with Gasteiger partial charge in [-0.05, 0) is 36.2 Å². The van der Waals surface area contributed by atoms with Crippen LogP contribution in [0.4, 0.5) is 13.2 Å². The fraction of sp³-hybridized carbons (Fsp3) is 0.368. The van der Waals surface area contributed by atoms with Gasteiger partial charge in [0, 0.05) is 24.2 Å². The van der Waals surface area contributed by atoms with Crippen LogP contribution in [0.2, 0.25) is 0 Å². The normalized spacial score (nSPS) is 12.3. The summed E-state index contributed by atoms with van der Waals surface area (Å²) in [5.41, 5.74) is 3.52. The molecule has 2 aromatic heterocycles. The number of aryl methyl sites for hydroxylation is 1. The fourth-order valence-corrected chi connectivity index (χ4v) is 3.01. The number of nitrogens with zero attached hydrogens (tertiary/aromatic N) is 2. The molecule has 0 saturated carbocycles. The van der Waals surface area contributed by atoms with Crippen molar-refractivity contribution in [2.24, 2.45) is 0 Å². The van der Waals surface area contributed by atoms with Crippen LogP contribution >= 0.6 is 0 Å². The Morgan fingerprint density at radius 1 is 1.22 bits per heavy atom. The number of nitrogens with one attached hydrogen (secondary N) is 1. The average Bonchev–Trinajstić information content (AvgIpc) is 2.94. The molecule has 0 bridgehead atoms. The summed E-state index contributed by atoms with van der Waals surface area (Å²) in [6.07, 6.45) is -3.04. The first-order valence-electron chi connectivity index (χ1n) is 8.56. The molecule has 0 amide bonds. The summed E-state index contributed by atoms with van der Waals surface area (Å²) in [7, 11) is 0. The standard InChI is InChI=1S/C19H20F3N3O2/c1-11(2)17-24-15-5-4-13(14-8-12(3)18(26)23-10-14)9-16(15)25(17)6-7-27-19(20,21)22/h4-5,8-11H,6-7H2,1-3H3,(H,23,26). The molecule has 0 saturated heterocycles. The third kappa shape index (κ3) is 4.21. The molecule has 5 nitrogen and oxygen atoms in total. The van der Waals surface area contributed by atoms with E-state index in [1.54, 1.807) is 23.8 Å². The van der Waals surface area contributed by atoms with Crippen LogP contribution in [0.1, 0.15) is 31.2 Å². The number of aromatic nitrogens is 3. The molecule has 0 spiro atoms. The second-order valence-corrected chi connectivity index (χ2v) is 6.67. The number of hydrogen-bond acceptors (Lipinski definition) is 3. The Labute approximate surface area is 153 Å². The lowest BCUT2D eigenvalue weighted by atomic mass is 10.1. The van der Waals surface area contributed by atoms with Gasteiger partial charge >= 0.3 is 6.36 Å². The highest BCUT2D eigenvalue weighted by atomic mass is 19.4. The maximum atomic E-state index is 12.3. The zero-order valence-corrected chi connectivity index (χ0v) is 15.2. The quantitative estimate of drug-likeness (QED) is 0.717. The van der Waals surface area contributed by atoms with Gasteiger partial charge in [0.25, 0.3) is 5.56 Å². The molecule has 144 valence electrons. The topological polar surface area (TPSA) is 59.9 Å². The molecule has 0 fully saturated rings. The minimum atomic E-state index is -4.66. The Morgan fingerprint density at radius 3 is 2.59 bits per heavy atom. The molecule has 1 aromatic carbocycles. The molecule has 0 aliphatic heterocycles. The van der Waals surface area contributed by atoms with Crippen molar-refractivity contribution in [2.45, 2.75) is 39.6 Å². The third-order valence-corrected chi connectivity index (χ3v) is 4.30. The Balaban J connectivity index is 2.04. The molecule has 0 aliphatic rings. The van der Waals surface area contributed by atoms with Gasteiger partial charge in [-0.1, -0.05) is 19.9 Å². The summed E-state index contributed by atoms with van der Waals surface area (Å²) in [6.45, 7) is 5.15. The van der Waals surface area contributed by atoms with E-state index >= 15 is 0 Å². The maximum Gasteiger partial charge on any atom is 0.522 e. The highest BCUT2D eigenvalue weighted by molar-refractivity contribution is 5.82. The number of pyridine rings is 1. The monoisotopic (exact) mass is 379 g/mol. The second kappa shape index (κ2) is 7.19. The third-order valence-electron chi connectivity index (χ3n) is 4.30. The van der Waals surface area contributed by atoms with Crippen LogP contribution in [0.5, 0.6) is 0 Å². The molecule has 2 heterocycles. The van der Waals surface area contributed by atoms with E-state index in [0.717, 1.165) is 16.6 Å². The van der Waals surface area contributed by atoms with E-state index in [2.05, 4.69) is 14.7 Å². The molecule has 0 unspecified atom stereocenters. The number of rotatable bonds is 5. The number of hydrogen-bond donors (Lipinski definition) is 1. The number of H-pyrrole nitrogens is 1. The minimum absolute atomic E-state index is 0.0393. The molecular weight excluding hydrogens is 359 g/mol. The van der Waals surface area contributed by atoms with Gasteiger partial charge in [0.1, 0.15) is 5.82 Å². The van der Waals surface area contributed by atoms with Gasteiger partial charge in [0.2, 0.25) is 0 Å². The van der Waals surface area contributed by atoms with Gasteiger partial charge in [-0.15, -0.1) is 13.2 Å². The summed E-state index contributed by atoms with van der Waals surface area (Å²) in [6, 6.07) is 7.35. The van der Waals surface area contributed by atoms with Crippen molar-refractivity contribution in [2.75, 3.05) is 6.61 Å². The number of benzene rings is 1. The number of fused-ring (bicyclic) bond motifs is 1. The van der Waals surface area contributed by atoms with Gasteiger partial charge in [0.05, 0.1) is 17.6 Å². The molecule has 0 atom stereocenters. The molecule has 0 radical (unpaired) electrons. The van der Waals surface area contributed by atoms with E-state index < -0.39 is 13.0 Å². The maximum absolute atomic E-state index is 12.3. The van der Waals surface area contributed by atoms with Gasteiger partial charge in [-0.3, -0.25) is 9.53 Å². The minimum Gasteiger partial charge on any atom is -0.328 e. The zero-order valence-electron chi connectivity index (χ0n) is 15.2. The molecule has 8 heteroatoms. The van der Waals surface area contributed by atoms with Crippen molar-refractivity contribution >= 4 is 11.0 Å². The summed E-state index contributed by atoms with van der Waals surface area (Å²) in [4.78, 5) is 18.8. The van der Waals surface area contributed by atoms with Crippen molar-refractivity contribution in [1.29, 1.82) is 0 Å². The molecule has 0 aliphatic carbocycles. The Bertz CT molecular complexity index is 1020. The van der Waals surface area contributed by atoms with Crippen molar-refractivity contribution in [3.63, 3.8) is 0 Å². The smallest absolute Gasteiger partial charge is 0.328 e. The number of halogens is 3. The van der Waals surface area contributed by atoms with E-state index in [9.17, 15) is 18.0 Å². The van der Waals surface area contributed by atoms with Crippen molar-refractivity contribution in [3.05, 3.63) is 52.2 Å². The summed E-state index contributed by atoms with van der Waals surface area (Å²) < 4.78 is 42.7. The Kier molecular flexibility index (Phi) is 5.10. The lowest BCUT2D eigenvalue weighted by Gasteiger charge is -2.13. The van der Waals surface area contributed by atoms with Crippen LogP contribution in [0.15, 0.2) is 35.3 Å². The summed E-state index contributed by atoms with van der Waals surface area (Å²) in [5, 5.41) is 0. The Hall–Kier alpha value is -2.61. The van der Waals surface area contributed by atoms with Crippen molar-refractivity contribution in [1.82, 2.24) is 14.5 Å². The molecule has 3 rings (SSSR count). The molecule has 1 N–H and O–H groups in total. The van der Waals surface area contributed by atoms with Crippen molar-refractivity contribution < 1.29 is 17.9 Å². The average molecular weight is 379 g/mol. The summed E-state index contributed by atoms with van der Waals surface area (Å²) >= 11 is 0. The SMILES string of the molecule is Cc1cc(-c2ccc3nc(C(C)C)n(CCOC(F)(F)F)c3c2)c[nH]c1=O. The van der Waals surface area contributed by atoms with Crippen LogP contribution < -0.4 is 5.56 Å². The summed E-state index contributed by atoms with van der Waals surface area (Å²) in [5.74, 6) is 0.743. The van der Waals surface area contributed by atoms with Gasteiger partial charge in [0.15, 0.2) is 0 Å². The number of imidazole rings is 1. The zero-order chi connectivity index (χ0) is 19.8. The van der Waals surface area contributed by atoms with E-state index in [0.29, 0.717) is 16.9 Å². The predicted molar refractivity (Wildman–Crippen MR) is 96.6 cm³/mol. The van der Waals surface area contributed by atoms with E-state index in [4.69, 9.17) is 0 Å². The molecular formula is C19H20F3N3O2. The van der Waals surface area contributed by atoms with Crippen LogP contribution in [0.25, 0.3) is 22.2 Å². The van der Waals surface area contributed by atoms with Crippen LogP contribution in [0.3, 0.4) is 0 Å². The second-order valence-electron chi connectivity index (χ2n) is 6.67. The van der Waals surface area contributed by atoms with Crippen LogP contribution in [0, 0.1) is 6.92 Å². The van der Waals surface area contributed by atoms with Gasteiger partial charge < -0.3 is 9.55 Å². The Morgan fingerprint density at radius 2 is 1.96 bits per heavy atom. The van der Waals surface area contributed by atoms with Crippen LogP contribution in [-0.4, -0.2) is 27.5 Å². The van der Waals surface area contributed by atoms with E-state index in [-0.39, 0.29) is 18.0 Å². The highest BCUT2D eigenvalue weighted by Gasteiger charge is 2.29. The first-order chi connectivity index (χ1) is 12.7. The lowest BCUT2D eigenvalue weighted by molar-refractivity contribution is -0.325. The number of ether oxygens (including phenoxy) is 1. The van der Waals surface area contributed by atoms with Crippen LogP contribution in [-0.2, 0) is 11.3 Å². The largest absolute Gasteiger partial charge is 0.522 e. The fourth-order valence-electron chi connectivity index (χ4n) is 3.01. The number of aromatic amines is 1. The van der Waals surface area contributed by atoms with Gasteiger partial charge in [-0.2, -0.15) is 0 Å². The van der Waals surface area contributed by atoms with Gasteiger partial charge in [-0.25, -0.2) is 4.98 Å². The number of alkyl halides is 3. The van der Waals surface area contributed by atoms with E-state index in [1.165, 1.54) is 0 Å². The first kappa shape index (κ1) is 19.2. The molecule has 3 aromatic rings.